The molecule has 0 unspecified atom stereocenters. The van der Waals surface area contributed by atoms with Crippen molar-refractivity contribution in [2.45, 2.75) is 25.9 Å². The highest BCUT2D eigenvalue weighted by molar-refractivity contribution is 9.10. The fraction of sp³-hybridized carbons (Fsp3) is 0.308. The van der Waals surface area contributed by atoms with Gasteiger partial charge in [0.05, 0.1) is 5.54 Å². The lowest BCUT2D eigenvalue weighted by Gasteiger charge is -2.24. The highest BCUT2D eigenvalue weighted by atomic mass is 79.9. The first-order valence-corrected chi connectivity index (χ1v) is 7.63. The summed E-state index contributed by atoms with van der Waals surface area (Å²) in [6, 6.07) is 5.88. The summed E-state index contributed by atoms with van der Waals surface area (Å²) in [4.78, 5) is 4.35. The van der Waals surface area contributed by atoms with Gasteiger partial charge in [-0.2, -0.15) is 0 Å². The van der Waals surface area contributed by atoms with Crippen LogP contribution in [-0.2, 0) is 12.1 Å². The lowest BCUT2D eigenvalue weighted by molar-refractivity contribution is 0.399. The summed E-state index contributed by atoms with van der Waals surface area (Å²) in [6.45, 7) is 4.96. The van der Waals surface area contributed by atoms with Crippen molar-refractivity contribution in [3.05, 3.63) is 49.8 Å². The van der Waals surface area contributed by atoms with E-state index in [0.717, 1.165) is 20.1 Å². The van der Waals surface area contributed by atoms with Crippen molar-refractivity contribution < 1.29 is 0 Å². The largest absolute Gasteiger partial charge is 0.302 e. The minimum absolute atomic E-state index is 0.153. The molecule has 1 N–H and O–H groups in total. The summed E-state index contributed by atoms with van der Waals surface area (Å²) in [7, 11) is 0. The smallest absolute Gasteiger partial charge is 0.112 e. The molecular formula is C13H14BrClN2S. The highest BCUT2D eigenvalue weighted by Gasteiger charge is 2.22. The van der Waals surface area contributed by atoms with E-state index >= 15 is 0 Å². The molecule has 18 heavy (non-hydrogen) atoms. The Kier molecular flexibility index (Phi) is 4.43. The van der Waals surface area contributed by atoms with Crippen LogP contribution in [0, 0.1) is 0 Å². The second-order valence-electron chi connectivity index (χ2n) is 4.55. The van der Waals surface area contributed by atoms with E-state index < -0.39 is 0 Å². The van der Waals surface area contributed by atoms with Crippen LogP contribution in [0.25, 0.3) is 0 Å². The maximum Gasteiger partial charge on any atom is 0.112 e. The summed E-state index contributed by atoms with van der Waals surface area (Å²) in [5.74, 6) is 0. The quantitative estimate of drug-likeness (QED) is 0.877. The normalized spacial score (nSPS) is 11.8. The predicted octanol–water partition coefficient (Wildman–Crippen LogP) is 4.58. The molecule has 0 bridgehead atoms. The zero-order chi connectivity index (χ0) is 13.2. The van der Waals surface area contributed by atoms with Crippen LogP contribution in [0.3, 0.4) is 0 Å². The van der Waals surface area contributed by atoms with Crippen LogP contribution in [0.1, 0.15) is 24.4 Å². The second-order valence-corrected chi connectivity index (χ2v) is 6.77. The molecule has 0 atom stereocenters. The minimum Gasteiger partial charge on any atom is -0.302 e. The van der Waals surface area contributed by atoms with E-state index in [0.29, 0.717) is 6.54 Å². The number of halogens is 2. The van der Waals surface area contributed by atoms with Gasteiger partial charge in [0.1, 0.15) is 5.01 Å². The molecule has 2 rings (SSSR count). The van der Waals surface area contributed by atoms with Crippen molar-refractivity contribution >= 4 is 38.9 Å². The fourth-order valence-corrected chi connectivity index (χ4v) is 2.93. The Bertz CT molecular complexity index is 526. The van der Waals surface area contributed by atoms with E-state index in [1.807, 2.05) is 29.8 Å². The van der Waals surface area contributed by atoms with Gasteiger partial charge in [0.15, 0.2) is 0 Å². The maximum absolute atomic E-state index is 6.18. The summed E-state index contributed by atoms with van der Waals surface area (Å²) in [5, 5.41) is 7.34. The van der Waals surface area contributed by atoms with Crippen LogP contribution in [0.4, 0.5) is 0 Å². The Labute approximate surface area is 125 Å². The molecule has 0 saturated heterocycles. The number of thiazole rings is 1. The third-order valence-corrected chi connectivity index (χ3v) is 4.65. The molecule has 1 aromatic heterocycles. The second kappa shape index (κ2) is 5.70. The van der Waals surface area contributed by atoms with Crippen LogP contribution < -0.4 is 5.32 Å². The molecule has 0 aliphatic heterocycles. The summed E-state index contributed by atoms with van der Waals surface area (Å²) >= 11 is 11.3. The SMILES string of the molecule is CC(C)(NCc1cc(Br)ccc1Cl)c1nccs1. The molecule has 1 heterocycles. The Morgan fingerprint density at radius 1 is 1.44 bits per heavy atom. The lowest BCUT2D eigenvalue weighted by atomic mass is 10.1. The van der Waals surface area contributed by atoms with Crippen LogP contribution in [0.5, 0.6) is 0 Å². The first kappa shape index (κ1) is 14.0. The molecule has 0 amide bonds. The van der Waals surface area contributed by atoms with E-state index in [2.05, 4.69) is 40.1 Å². The fourth-order valence-electron chi connectivity index (χ4n) is 1.60. The van der Waals surface area contributed by atoms with Crippen LogP contribution >= 0.6 is 38.9 Å². The van der Waals surface area contributed by atoms with Crippen LogP contribution in [0.15, 0.2) is 34.2 Å². The Morgan fingerprint density at radius 3 is 2.89 bits per heavy atom. The van der Waals surface area contributed by atoms with Crippen LogP contribution in [0.2, 0.25) is 5.02 Å². The van der Waals surface area contributed by atoms with Gasteiger partial charge in [-0.1, -0.05) is 27.5 Å². The van der Waals surface area contributed by atoms with E-state index in [1.165, 1.54) is 0 Å². The summed E-state index contributed by atoms with van der Waals surface area (Å²) in [5.41, 5.74) is 0.926. The third-order valence-electron chi connectivity index (χ3n) is 2.70. The van der Waals surface area contributed by atoms with E-state index in [-0.39, 0.29) is 5.54 Å². The van der Waals surface area contributed by atoms with Gasteiger partial charge in [-0.05, 0) is 37.6 Å². The van der Waals surface area contributed by atoms with Gasteiger partial charge in [0, 0.05) is 27.6 Å². The molecule has 0 aliphatic carbocycles. The Balaban J connectivity index is 2.09. The molecule has 0 saturated carbocycles. The monoisotopic (exact) mass is 344 g/mol. The molecule has 2 nitrogen and oxygen atoms in total. The first-order chi connectivity index (χ1) is 8.49. The van der Waals surface area contributed by atoms with Gasteiger partial charge in [0.25, 0.3) is 0 Å². The molecular weight excluding hydrogens is 332 g/mol. The van der Waals surface area contributed by atoms with Gasteiger partial charge in [-0.3, -0.25) is 0 Å². The minimum atomic E-state index is -0.153. The molecule has 5 heteroatoms. The van der Waals surface area contributed by atoms with E-state index in [9.17, 15) is 0 Å². The third kappa shape index (κ3) is 3.32. The topological polar surface area (TPSA) is 24.9 Å². The zero-order valence-corrected chi connectivity index (χ0v) is 13.4. The number of nitrogens with zero attached hydrogens (tertiary/aromatic N) is 1. The van der Waals surface area contributed by atoms with Gasteiger partial charge < -0.3 is 5.32 Å². The molecule has 0 aliphatic rings. The predicted molar refractivity (Wildman–Crippen MR) is 81.1 cm³/mol. The Morgan fingerprint density at radius 2 is 2.22 bits per heavy atom. The number of rotatable bonds is 4. The number of hydrogen-bond donors (Lipinski definition) is 1. The number of hydrogen-bond acceptors (Lipinski definition) is 3. The number of benzene rings is 1. The van der Waals surface area contributed by atoms with Crippen molar-refractivity contribution in [1.82, 2.24) is 10.3 Å². The molecule has 0 radical (unpaired) electrons. The summed E-state index contributed by atoms with van der Waals surface area (Å²) < 4.78 is 1.04. The molecule has 1 aromatic carbocycles. The van der Waals surface area contributed by atoms with Crippen molar-refractivity contribution in [3.63, 3.8) is 0 Å². The number of aromatic nitrogens is 1. The van der Waals surface area contributed by atoms with Crippen molar-refractivity contribution in [3.8, 4) is 0 Å². The van der Waals surface area contributed by atoms with Crippen molar-refractivity contribution in [2.75, 3.05) is 0 Å². The molecule has 0 fully saturated rings. The van der Waals surface area contributed by atoms with Gasteiger partial charge >= 0.3 is 0 Å². The van der Waals surface area contributed by atoms with Crippen LogP contribution in [-0.4, -0.2) is 4.98 Å². The number of nitrogens with one attached hydrogen (secondary N) is 1. The van der Waals surface area contributed by atoms with Crippen molar-refractivity contribution in [2.24, 2.45) is 0 Å². The molecule has 96 valence electrons. The average molecular weight is 346 g/mol. The first-order valence-electron chi connectivity index (χ1n) is 5.58. The molecule has 2 aromatic rings. The Hall–Kier alpha value is -0.420. The van der Waals surface area contributed by atoms with E-state index in [1.54, 1.807) is 11.3 Å². The van der Waals surface area contributed by atoms with Gasteiger partial charge in [-0.25, -0.2) is 4.98 Å². The molecule has 0 spiro atoms. The van der Waals surface area contributed by atoms with Gasteiger partial charge in [0.2, 0.25) is 0 Å². The standard InChI is InChI=1S/C13H14BrClN2S/c1-13(2,12-16-5-6-18-12)17-8-9-7-10(14)3-4-11(9)15/h3-7,17H,8H2,1-2H3. The zero-order valence-electron chi connectivity index (χ0n) is 10.2. The highest BCUT2D eigenvalue weighted by Crippen LogP contribution is 2.25. The van der Waals surface area contributed by atoms with Crippen molar-refractivity contribution in [1.29, 1.82) is 0 Å². The average Bonchev–Trinajstić information content (AvgIpc) is 2.85. The summed E-state index contributed by atoms with van der Waals surface area (Å²) in [6.07, 6.45) is 1.83. The lowest BCUT2D eigenvalue weighted by Crippen LogP contribution is -2.35. The maximum atomic E-state index is 6.18. The van der Waals surface area contributed by atoms with E-state index in [4.69, 9.17) is 11.6 Å². The van der Waals surface area contributed by atoms with Gasteiger partial charge in [-0.15, -0.1) is 11.3 Å².